The zero-order chi connectivity index (χ0) is 15.5. The van der Waals surface area contributed by atoms with E-state index in [1.807, 2.05) is 6.92 Å². The third kappa shape index (κ3) is 3.26. The summed E-state index contributed by atoms with van der Waals surface area (Å²) >= 11 is 0. The van der Waals surface area contributed by atoms with Gasteiger partial charge in [0.2, 0.25) is 5.91 Å². The van der Waals surface area contributed by atoms with Gasteiger partial charge in [-0.15, -0.1) is 0 Å². The van der Waals surface area contributed by atoms with Crippen LogP contribution in [0.2, 0.25) is 0 Å². The number of hydrogen-bond acceptors (Lipinski definition) is 3. The number of ether oxygens (including phenoxy) is 1. The van der Waals surface area contributed by atoms with Crippen LogP contribution in [0.1, 0.15) is 53.4 Å². The Morgan fingerprint density at radius 2 is 1.95 bits per heavy atom. The van der Waals surface area contributed by atoms with E-state index < -0.39 is 0 Å². The molecule has 0 aromatic carbocycles. The summed E-state index contributed by atoms with van der Waals surface area (Å²) in [6.45, 7) is 11.7. The third-order valence-electron chi connectivity index (χ3n) is 6.14. The van der Waals surface area contributed by atoms with Crippen LogP contribution < -0.4 is 10.6 Å². The molecule has 2 fully saturated rings. The molecule has 0 heterocycles. The summed E-state index contributed by atoms with van der Waals surface area (Å²) in [5.74, 6) is 1.56. The van der Waals surface area contributed by atoms with Gasteiger partial charge in [-0.3, -0.25) is 4.79 Å². The fraction of sp³-hybridized carbons (Fsp3) is 0.941. The van der Waals surface area contributed by atoms with Crippen LogP contribution >= 0.6 is 0 Å². The maximum Gasteiger partial charge on any atom is 0.234 e. The molecule has 122 valence electrons. The van der Waals surface area contributed by atoms with Crippen molar-refractivity contribution in [1.29, 1.82) is 0 Å². The molecule has 0 aromatic heterocycles. The number of fused-ring (bicyclic) bond motifs is 2. The molecular weight excluding hydrogens is 264 g/mol. The monoisotopic (exact) mass is 296 g/mol. The number of hydrogen-bond donors (Lipinski definition) is 2. The number of nitrogens with one attached hydrogen (secondary N) is 2. The highest BCUT2D eigenvalue weighted by Gasteiger charge is 2.60. The molecule has 4 heteroatoms. The Balaban J connectivity index is 1.75. The molecule has 2 N–H and O–H groups in total. The molecule has 0 aromatic rings. The van der Waals surface area contributed by atoms with Gasteiger partial charge in [0.15, 0.2) is 0 Å². The van der Waals surface area contributed by atoms with Crippen LogP contribution in [0, 0.1) is 17.3 Å². The quantitative estimate of drug-likeness (QED) is 0.676. The van der Waals surface area contributed by atoms with Crippen LogP contribution in [0.25, 0.3) is 0 Å². The summed E-state index contributed by atoms with van der Waals surface area (Å²) in [4.78, 5) is 12.3. The van der Waals surface area contributed by atoms with Crippen molar-refractivity contribution >= 4 is 5.91 Å². The van der Waals surface area contributed by atoms with E-state index in [0.29, 0.717) is 12.5 Å². The smallest absolute Gasteiger partial charge is 0.234 e. The molecule has 4 nitrogen and oxygen atoms in total. The predicted octanol–water partition coefficient (Wildman–Crippen LogP) is 2.33. The average Bonchev–Trinajstić information content (AvgIpc) is 2.97. The normalized spacial score (nSPS) is 33.3. The van der Waals surface area contributed by atoms with Crippen LogP contribution in [0.15, 0.2) is 0 Å². The van der Waals surface area contributed by atoms with Gasteiger partial charge < -0.3 is 15.4 Å². The summed E-state index contributed by atoms with van der Waals surface area (Å²) in [6, 6.07) is 0. The lowest BCUT2D eigenvalue weighted by molar-refractivity contribution is -0.124. The minimum atomic E-state index is -0.0417. The molecule has 2 saturated carbocycles. The first-order valence-electron chi connectivity index (χ1n) is 8.51. The van der Waals surface area contributed by atoms with Crippen molar-refractivity contribution in [3.63, 3.8) is 0 Å². The Bertz CT molecular complexity index is 370. The molecule has 0 unspecified atom stereocenters. The van der Waals surface area contributed by atoms with E-state index in [1.54, 1.807) is 0 Å². The van der Waals surface area contributed by atoms with Gasteiger partial charge >= 0.3 is 0 Å². The summed E-state index contributed by atoms with van der Waals surface area (Å²) in [7, 11) is 0. The van der Waals surface area contributed by atoms with E-state index in [2.05, 4.69) is 31.4 Å². The van der Waals surface area contributed by atoms with Crippen molar-refractivity contribution in [2.75, 3.05) is 26.3 Å². The summed E-state index contributed by atoms with van der Waals surface area (Å²) < 4.78 is 5.28. The Morgan fingerprint density at radius 1 is 1.24 bits per heavy atom. The predicted molar refractivity (Wildman–Crippen MR) is 85.1 cm³/mol. The van der Waals surface area contributed by atoms with Crippen LogP contribution in [0.5, 0.6) is 0 Å². The fourth-order valence-electron chi connectivity index (χ4n) is 4.35. The van der Waals surface area contributed by atoms with E-state index in [-0.39, 0.29) is 16.9 Å². The molecular formula is C17H32N2O2. The molecule has 2 aliphatic rings. The zero-order valence-corrected chi connectivity index (χ0v) is 14.1. The Labute approximate surface area is 129 Å². The number of carbonyl (C=O) groups excluding carboxylic acids is 1. The van der Waals surface area contributed by atoms with Crippen LogP contribution in [0.3, 0.4) is 0 Å². The lowest BCUT2D eigenvalue weighted by Gasteiger charge is -2.48. The van der Waals surface area contributed by atoms with Gasteiger partial charge in [0.05, 0.1) is 6.54 Å². The van der Waals surface area contributed by atoms with Crippen molar-refractivity contribution in [3.05, 3.63) is 0 Å². The van der Waals surface area contributed by atoms with Crippen LogP contribution in [-0.4, -0.2) is 37.7 Å². The first kappa shape index (κ1) is 16.8. The van der Waals surface area contributed by atoms with Crippen LogP contribution in [-0.2, 0) is 9.53 Å². The van der Waals surface area contributed by atoms with Gasteiger partial charge in [0, 0.05) is 18.8 Å². The summed E-state index contributed by atoms with van der Waals surface area (Å²) in [5, 5.41) is 6.56. The fourth-order valence-corrected chi connectivity index (χ4v) is 4.35. The molecule has 1 amide bonds. The number of rotatable bonds is 8. The Morgan fingerprint density at radius 3 is 2.57 bits per heavy atom. The molecule has 3 atom stereocenters. The SMILES string of the molecule is CCOCCCNCC(=O)N[C@]1(C)[C@H]2CC[C@H](C2)C1(C)C. The van der Waals surface area contributed by atoms with E-state index in [4.69, 9.17) is 4.74 Å². The number of carbonyl (C=O) groups is 1. The molecule has 0 radical (unpaired) electrons. The second-order valence-electron chi connectivity index (χ2n) is 7.41. The molecule has 0 aliphatic heterocycles. The van der Waals surface area contributed by atoms with Crippen molar-refractivity contribution in [3.8, 4) is 0 Å². The van der Waals surface area contributed by atoms with E-state index in [9.17, 15) is 4.79 Å². The number of amides is 1. The Kier molecular flexibility index (Phi) is 5.31. The highest BCUT2D eigenvalue weighted by Crippen LogP contribution is 2.61. The largest absolute Gasteiger partial charge is 0.382 e. The standard InChI is InChI=1S/C17H32N2O2/c1-5-21-10-6-9-18-12-15(20)19-17(4)14-8-7-13(11-14)16(17,2)3/h13-14,18H,5-12H2,1-4H3,(H,19,20)/t13-,14+,17-/m1/s1. The molecule has 0 saturated heterocycles. The summed E-state index contributed by atoms with van der Waals surface area (Å²) in [6.07, 6.45) is 4.84. The van der Waals surface area contributed by atoms with Gasteiger partial charge in [0.25, 0.3) is 0 Å². The van der Waals surface area contributed by atoms with Gasteiger partial charge in [-0.1, -0.05) is 13.8 Å². The van der Waals surface area contributed by atoms with Crippen molar-refractivity contribution in [1.82, 2.24) is 10.6 Å². The zero-order valence-electron chi connectivity index (χ0n) is 14.1. The van der Waals surface area contributed by atoms with Crippen LogP contribution in [0.4, 0.5) is 0 Å². The molecule has 2 bridgehead atoms. The van der Waals surface area contributed by atoms with Crippen molar-refractivity contribution < 1.29 is 9.53 Å². The molecule has 21 heavy (non-hydrogen) atoms. The lowest BCUT2D eigenvalue weighted by Crippen LogP contribution is -2.60. The first-order chi connectivity index (χ1) is 9.91. The third-order valence-corrected chi connectivity index (χ3v) is 6.14. The minimum absolute atomic E-state index is 0.0417. The average molecular weight is 296 g/mol. The molecule has 2 aliphatic carbocycles. The van der Waals surface area contributed by atoms with E-state index in [1.165, 1.54) is 19.3 Å². The Hall–Kier alpha value is -0.610. The topological polar surface area (TPSA) is 50.4 Å². The lowest BCUT2D eigenvalue weighted by atomic mass is 9.64. The van der Waals surface area contributed by atoms with Crippen molar-refractivity contribution in [2.24, 2.45) is 17.3 Å². The molecule has 0 spiro atoms. The molecule has 2 rings (SSSR count). The summed E-state index contributed by atoms with van der Waals surface area (Å²) in [5.41, 5.74) is 0.167. The van der Waals surface area contributed by atoms with E-state index >= 15 is 0 Å². The first-order valence-corrected chi connectivity index (χ1v) is 8.51. The van der Waals surface area contributed by atoms with E-state index in [0.717, 1.165) is 32.1 Å². The van der Waals surface area contributed by atoms with Gasteiger partial charge in [-0.25, -0.2) is 0 Å². The highest BCUT2D eigenvalue weighted by molar-refractivity contribution is 5.79. The highest BCUT2D eigenvalue weighted by atomic mass is 16.5. The maximum absolute atomic E-state index is 12.3. The van der Waals surface area contributed by atoms with Gasteiger partial charge in [-0.05, 0) is 63.3 Å². The minimum Gasteiger partial charge on any atom is -0.382 e. The van der Waals surface area contributed by atoms with Gasteiger partial charge in [0.1, 0.15) is 0 Å². The van der Waals surface area contributed by atoms with Crippen molar-refractivity contribution in [2.45, 2.75) is 58.9 Å². The van der Waals surface area contributed by atoms with Gasteiger partial charge in [-0.2, -0.15) is 0 Å². The second kappa shape index (κ2) is 6.66. The second-order valence-corrected chi connectivity index (χ2v) is 7.41. The maximum atomic E-state index is 12.3.